The third-order valence-corrected chi connectivity index (χ3v) is 3.48. The van der Waals surface area contributed by atoms with Gasteiger partial charge >= 0.3 is 0 Å². The van der Waals surface area contributed by atoms with Gasteiger partial charge in [0.15, 0.2) is 0 Å². The number of amides is 1. The lowest BCUT2D eigenvalue weighted by Crippen LogP contribution is -2.44. The van der Waals surface area contributed by atoms with E-state index in [-0.39, 0.29) is 18.3 Å². The van der Waals surface area contributed by atoms with Gasteiger partial charge in [0.2, 0.25) is 5.82 Å². The van der Waals surface area contributed by atoms with E-state index in [1.807, 2.05) is 20.8 Å². The van der Waals surface area contributed by atoms with Crippen LogP contribution in [0.1, 0.15) is 37.1 Å². The molecule has 2 rings (SSSR count). The summed E-state index contributed by atoms with van der Waals surface area (Å²) < 4.78 is 1.51. The van der Waals surface area contributed by atoms with Gasteiger partial charge in [-0.1, -0.05) is 13.8 Å². The number of aromatic nitrogens is 4. The van der Waals surface area contributed by atoms with Crippen molar-refractivity contribution in [2.24, 2.45) is 5.92 Å². The maximum Gasteiger partial charge on any atom is 0.291 e. The number of rotatable bonds is 4. The number of hydrogen-bond acceptors (Lipinski definition) is 5. The molecule has 0 radical (unpaired) electrons. The van der Waals surface area contributed by atoms with Crippen LogP contribution in [0.2, 0.25) is 0 Å². The topological polar surface area (TPSA) is 92.4 Å². The normalized spacial score (nSPS) is 14.5. The summed E-state index contributed by atoms with van der Waals surface area (Å²) in [6.45, 7) is 7.46. The van der Waals surface area contributed by atoms with Crippen LogP contribution in [0.15, 0.2) is 12.3 Å². The van der Waals surface area contributed by atoms with Crippen LogP contribution in [0.4, 0.5) is 0 Å². The fraction of sp³-hybridized carbons (Fsp3) is 0.538. The van der Waals surface area contributed by atoms with E-state index in [1.165, 1.54) is 4.52 Å². The summed E-state index contributed by atoms with van der Waals surface area (Å²) in [6.07, 6.45) is 1.62. The van der Waals surface area contributed by atoms with Crippen LogP contribution in [0.25, 0.3) is 5.78 Å². The van der Waals surface area contributed by atoms with E-state index >= 15 is 0 Å². The summed E-state index contributed by atoms with van der Waals surface area (Å²) in [5, 5.41) is 16.9. The second-order valence-electron chi connectivity index (χ2n) is 5.43. The first kappa shape index (κ1) is 14.4. The highest BCUT2D eigenvalue weighted by Gasteiger charge is 2.26. The van der Waals surface area contributed by atoms with Crippen molar-refractivity contribution in [1.82, 2.24) is 24.9 Å². The van der Waals surface area contributed by atoms with Gasteiger partial charge in [0.25, 0.3) is 11.7 Å². The van der Waals surface area contributed by atoms with E-state index in [0.29, 0.717) is 5.78 Å². The Kier molecular flexibility index (Phi) is 3.71. The molecular weight excluding hydrogens is 258 g/mol. The Bertz CT molecular complexity index is 633. The Morgan fingerprint density at radius 1 is 1.55 bits per heavy atom. The maximum absolute atomic E-state index is 12.0. The highest BCUT2D eigenvalue weighted by molar-refractivity contribution is 5.90. The van der Waals surface area contributed by atoms with Crippen LogP contribution >= 0.6 is 0 Å². The predicted molar refractivity (Wildman–Crippen MR) is 73.3 cm³/mol. The first-order valence-corrected chi connectivity index (χ1v) is 6.50. The summed E-state index contributed by atoms with van der Waals surface area (Å²) in [7, 11) is 0. The number of nitrogens with one attached hydrogen (secondary N) is 1. The Morgan fingerprint density at radius 2 is 2.25 bits per heavy atom. The highest BCUT2D eigenvalue weighted by Crippen LogP contribution is 2.14. The van der Waals surface area contributed by atoms with Gasteiger partial charge in [-0.2, -0.15) is 4.98 Å². The Hall–Kier alpha value is -2.02. The second-order valence-corrected chi connectivity index (χ2v) is 5.43. The molecule has 20 heavy (non-hydrogen) atoms. The third kappa shape index (κ3) is 2.77. The summed E-state index contributed by atoms with van der Waals surface area (Å²) in [4.78, 5) is 20.1. The zero-order valence-corrected chi connectivity index (χ0v) is 12.1. The minimum atomic E-state index is -0.969. The van der Waals surface area contributed by atoms with Gasteiger partial charge in [-0.3, -0.25) is 4.79 Å². The van der Waals surface area contributed by atoms with Crippen LogP contribution < -0.4 is 5.32 Å². The number of carbonyl (C=O) groups excluding carboxylic acids is 1. The molecule has 0 bridgehead atoms. The number of hydrogen-bond donors (Lipinski definition) is 2. The van der Waals surface area contributed by atoms with Crippen LogP contribution in [0.3, 0.4) is 0 Å². The van der Waals surface area contributed by atoms with E-state index < -0.39 is 11.5 Å². The number of aryl methyl sites for hydroxylation is 1. The Labute approximate surface area is 117 Å². The van der Waals surface area contributed by atoms with Crippen molar-refractivity contribution in [2.45, 2.75) is 33.3 Å². The Morgan fingerprint density at radius 3 is 2.85 bits per heavy atom. The third-order valence-electron chi connectivity index (χ3n) is 3.48. The molecule has 2 N–H and O–H groups in total. The Balaban J connectivity index is 2.14. The molecule has 0 aliphatic rings. The van der Waals surface area contributed by atoms with E-state index in [2.05, 4.69) is 20.4 Å². The molecule has 1 atom stereocenters. The van der Waals surface area contributed by atoms with Crippen LogP contribution in [0, 0.1) is 12.8 Å². The van der Waals surface area contributed by atoms with Gasteiger partial charge in [0, 0.05) is 18.4 Å². The average Bonchev–Trinajstić information content (AvgIpc) is 2.81. The number of aliphatic hydroxyl groups is 1. The molecule has 0 aliphatic carbocycles. The first-order valence-electron chi connectivity index (χ1n) is 6.50. The predicted octanol–water partition coefficient (Wildman–Crippen LogP) is 0.570. The molecule has 0 saturated carbocycles. The standard InChI is InChI=1S/C13H19N5O2/c1-8(2)13(4,20)7-15-11(19)10-16-12-14-6-5-9(3)18(12)17-10/h5-6,8,20H,7H2,1-4H3,(H,15,19). The maximum atomic E-state index is 12.0. The van der Waals surface area contributed by atoms with Gasteiger partial charge in [-0.15, -0.1) is 5.10 Å². The van der Waals surface area contributed by atoms with Crippen LogP contribution in [-0.2, 0) is 0 Å². The van der Waals surface area contributed by atoms with Crippen LogP contribution in [-0.4, -0.2) is 42.7 Å². The summed E-state index contributed by atoms with van der Waals surface area (Å²) in [6, 6.07) is 1.78. The molecule has 0 fully saturated rings. The van der Waals surface area contributed by atoms with Crippen molar-refractivity contribution in [3.8, 4) is 0 Å². The smallest absolute Gasteiger partial charge is 0.291 e. The molecule has 2 aromatic heterocycles. The van der Waals surface area contributed by atoms with Gasteiger partial charge in [0.05, 0.1) is 5.60 Å². The molecule has 108 valence electrons. The molecule has 1 amide bonds. The molecule has 2 aromatic rings. The van der Waals surface area contributed by atoms with Gasteiger partial charge in [0.1, 0.15) is 0 Å². The van der Waals surface area contributed by atoms with Crippen molar-refractivity contribution in [1.29, 1.82) is 0 Å². The minimum Gasteiger partial charge on any atom is -0.388 e. The highest BCUT2D eigenvalue weighted by atomic mass is 16.3. The van der Waals surface area contributed by atoms with E-state index in [0.717, 1.165) is 5.69 Å². The summed E-state index contributed by atoms with van der Waals surface area (Å²) >= 11 is 0. The molecule has 7 nitrogen and oxygen atoms in total. The largest absolute Gasteiger partial charge is 0.388 e. The zero-order valence-electron chi connectivity index (χ0n) is 12.1. The quantitative estimate of drug-likeness (QED) is 0.852. The zero-order chi connectivity index (χ0) is 14.9. The molecule has 0 saturated heterocycles. The molecule has 7 heteroatoms. The fourth-order valence-electron chi connectivity index (χ4n) is 1.55. The molecular formula is C13H19N5O2. The first-order chi connectivity index (χ1) is 9.31. The van der Waals surface area contributed by atoms with Crippen molar-refractivity contribution < 1.29 is 9.90 Å². The fourth-order valence-corrected chi connectivity index (χ4v) is 1.55. The summed E-state index contributed by atoms with van der Waals surface area (Å²) in [5.41, 5.74) is -0.126. The lowest BCUT2D eigenvalue weighted by atomic mass is 9.92. The molecule has 1 unspecified atom stereocenters. The van der Waals surface area contributed by atoms with Crippen molar-refractivity contribution in [3.05, 3.63) is 23.8 Å². The van der Waals surface area contributed by atoms with E-state index in [1.54, 1.807) is 19.2 Å². The van der Waals surface area contributed by atoms with Crippen molar-refractivity contribution in [2.75, 3.05) is 6.54 Å². The molecule has 0 aromatic carbocycles. The average molecular weight is 277 g/mol. The second kappa shape index (κ2) is 5.16. The van der Waals surface area contributed by atoms with Crippen LogP contribution in [0.5, 0.6) is 0 Å². The molecule has 0 aliphatic heterocycles. The monoisotopic (exact) mass is 277 g/mol. The van der Waals surface area contributed by atoms with Crippen molar-refractivity contribution in [3.63, 3.8) is 0 Å². The number of nitrogens with zero attached hydrogens (tertiary/aromatic N) is 4. The minimum absolute atomic E-state index is 0.0285. The SMILES string of the molecule is Cc1ccnc2nc(C(=O)NCC(C)(O)C(C)C)nn12. The number of carbonyl (C=O) groups is 1. The van der Waals surface area contributed by atoms with Gasteiger partial charge in [-0.25, -0.2) is 9.50 Å². The van der Waals surface area contributed by atoms with E-state index in [9.17, 15) is 9.90 Å². The number of fused-ring (bicyclic) bond motifs is 1. The van der Waals surface area contributed by atoms with E-state index in [4.69, 9.17) is 0 Å². The van der Waals surface area contributed by atoms with Gasteiger partial charge < -0.3 is 10.4 Å². The summed E-state index contributed by atoms with van der Waals surface area (Å²) in [5.74, 6) is 0.0358. The lowest BCUT2D eigenvalue weighted by molar-refractivity contribution is 0.0141. The van der Waals surface area contributed by atoms with Crippen molar-refractivity contribution >= 4 is 11.7 Å². The van der Waals surface area contributed by atoms with Gasteiger partial charge in [-0.05, 0) is 25.8 Å². The molecule has 2 heterocycles. The lowest BCUT2D eigenvalue weighted by Gasteiger charge is -2.27. The molecule has 0 spiro atoms.